The molecule has 0 amide bonds. The van der Waals surface area contributed by atoms with Crippen molar-refractivity contribution in [1.82, 2.24) is 0 Å². The summed E-state index contributed by atoms with van der Waals surface area (Å²) >= 11 is -3.89. The first-order valence-corrected chi connectivity index (χ1v) is 11.0. The van der Waals surface area contributed by atoms with Crippen LogP contribution in [0.5, 0.6) is 0 Å². The van der Waals surface area contributed by atoms with Crippen molar-refractivity contribution in [2.75, 3.05) is 19.8 Å². The Morgan fingerprint density at radius 1 is 0.750 bits per heavy atom. The van der Waals surface area contributed by atoms with E-state index in [9.17, 15) is 7.00 Å². The fraction of sp³-hybridized carbons (Fsp3) is 0.706. The SMILES string of the molecule is CC(C)CO.CC(C)CO.CC(C)CO.[F][GeH]([F])[c-]1cccc1.[Zr]. The molecule has 3 N–H and O–H groups in total. The predicted molar refractivity (Wildman–Crippen MR) is 96.8 cm³/mol. The smallest absolute Gasteiger partial charge is 0 e. The maximum atomic E-state index is 11.8. The molecule has 0 radical (unpaired) electrons. The maximum Gasteiger partial charge on any atom is 0 e. The molecule has 0 aliphatic carbocycles. The summed E-state index contributed by atoms with van der Waals surface area (Å²) in [6.45, 7) is 12.7. The van der Waals surface area contributed by atoms with Crippen LogP contribution in [0.4, 0.5) is 7.00 Å². The molecule has 0 unspecified atom stereocenters. The monoisotopic (exact) mass is 489 g/mol. The minimum Gasteiger partial charge on any atom is 0 e. The Morgan fingerprint density at radius 3 is 1.04 bits per heavy atom. The van der Waals surface area contributed by atoms with Crippen LogP contribution in [0.2, 0.25) is 0 Å². The normalized spacial score (nSPS) is 9.46. The molecule has 0 aliphatic heterocycles. The van der Waals surface area contributed by atoms with Crippen LogP contribution in [-0.4, -0.2) is 50.4 Å². The molecule has 1 aromatic carbocycles. The van der Waals surface area contributed by atoms with Crippen LogP contribution in [-0.2, 0) is 26.2 Å². The van der Waals surface area contributed by atoms with Gasteiger partial charge in [0.1, 0.15) is 0 Å². The third kappa shape index (κ3) is 34.0. The molecule has 3 nitrogen and oxygen atoms in total. The minimum absolute atomic E-state index is 0. The van der Waals surface area contributed by atoms with E-state index in [1.54, 1.807) is 12.1 Å². The number of aliphatic hydroxyl groups excluding tert-OH is 3. The quantitative estimate of drug-likeness (QED) is 0.451. The van der Waals surface area contributed by atoms with Gasteiger partial charge in [-0.1, -0.05) is 41.5 Å². The first-order valence-electron chi connectivity index (χ1n) is 7.94. The van der Waals surface area contributed by atoms with Crippen molar-refractivity contribution in [2.24, 2.45) is 17.8 Å². The molecule has 0 saturated carbocycles. The summed E-state index contributed by atoms with van der Waals surface area (Å²) in [5.74, 6) is 1.32. The van der Waals surface area contributed by atoms with E-state index in [-0.39, 0.29) is 30.6 Å². The first kappa shape index (κ1) is 32.2. The van der Waals surface area contributed by atoms with Gasteiger partial charge in [-0.2, -0.15) is 0 Å². The van der Waals surface area contributed by atoms with Crippen LogP contribution < -0.4 is 4.40 Å². The number of halogens is 2. The summed E-state index contributed by atoms with van der Waals surface area (Å²) in [7, 11) is 0. The van der Waals surface area contributed by atoms with Gasteiger partial charge < -0.3 is 15.3 Å². The largest absolute Gasteiger partial charge is 0 e. The van der Waals surface area contributed by atoms with Gasteiger partial charge in [0, 0.05) is 46.0 Å². The Labute approximate surface area is 171 Å². The van der Waals surface area contributed by atoms with Gasteiger partial charge in [0.15, 0.2) is 0 Å². The molecule has 0 spiro atoms. The molecule has 0 aliphatic rings. The van der Waals surface area contributed by atoms with Gasteiger partial charge in [0.25, 0.3) is 0 Å². The van der Waals surface area contributed by atoms with Gasteiger partial charge in [-0.3, -0.25) is 0 Å². The van der Waals surface area contributed by atoms with Crippen molar-refractivity contribution in [2.45, 2.75) is 41.5 Å². The van der Waals surface area contributed by atoms with Crippen LogP contribution in [0, 0.1) is 17.8 Å². The first-order chi connectivity index (χ1) is 10.6. The second kappa shape index (κ2) is 23.5. The number of hydrogen-bond acceptors (Lipinski definition) is 3. The Bertz CT molecular complexity index is 290. The van der Waals surface area contributed by atoms with E-state index < -0.39 is 15.3 Å². The zero-order valence-corrected chi connectivity index (χ0v) is 20.7. The predicted octanol–water partition coefficient (Wildman–Crippen LogP) is 2.67. The average Bonchev–Trinajstić information content (AvgIpc) is 3.03. The Kier molecular flexibility index (Phi) is 31.6. The van der Waals surface area contributed by atoms with Crippen molar-refractivity contribution < 1.29 is 48.5 Å². The van der Waals surface area contributed by atoms with Crippen LogP contribution in [0.25, 0.3) is 0 Å². The van der Waals surface area contributed by atoms with Gasteiger partial charge in [-0.25, -0.2) is 0 Å². The molecular weight excluding hydrogens is 454 g/mol. The van der Waals surface area contributed by atoms with Gasteiger partial charge in [0.2, 0.25) is 0 Å². The molecule has 24 heavy (non-hydrogen) atoms. The van der Waals surface area contributed by atoms with E-state index in [0.717, 1.165) is 0 Å². The van der Waals surface area contributed by atoms with Crippen molar-refractivity contribution in [1.29, 1.82) is 0 Å². The van der Waals surface area contributed by atoms with E-state index in [2.05, 4.69) is 0 Å². The summed E-state index contributed by atoms with van der Waals surface area (Å²) in [6.07, 6.45) is 0. The molecule has 144 valence electrons. The van der Waals surface area contributed by atoms with Crippen LogP contribution in [0.15, 0.2) is 24.3 Å². The standard InChI is InChI=1S/C5H5F2Ge.3C4H10O.Zr/c6-8(7)5-3-1-2-4-5;3*1-4(2)3-5;/h1-4,8H;3*4-5H,3H2,1-2H3;/q-1;;;;. The topological polar surface area (TPSA) is 60.7 Å². The molecule has 1 aromatic rings. The molecule has 0 heterocycles. The van der Waals surface area contributed by atoms with Crippen molar-refractivity contribution >= 4 is 19.7 Å². The van der Waals surface area contributed by atoms with Crippen LogP contribution in [0.3, 0.4) is 0 Å². The second-order valence-electron chi connectivity index (χ2n) is 6.25. The summed E-state index contributed by atoms with van der Waals surface area (Å²) in [5.41, 5.74) is 0. The summed E-state index contributed by atoms with van der Waals surface area (Å²) in [4.78, 5) is 0. The van der Waals surface area contributed by atoms with Gasteiger partial charge in [-0.05, 0) is 17.8 Å². The number of rotatable bonds is 4. The molecule has 0 bridgehead atoms. The van der Waals surface area contributed by atoms with Crippen molar-refractivity contribution in [3.63, 3.8) is 0 Å². The van der Waals surface area contributed by atoms with E-state index in [1.807, 2.05) is 41.5 Å². The Morgan fingerprint density at radius 2 is 0.958 bits per heavy atom. The van der Waals surface area contributed by atoms with Gasteiger partial charge in [-0.15, -0.1) is 0 Å². The van der Waals surface area contributed by atoms with E-state index in [4.69, 9.17) is 15.3 Å². The molecule has 1 rings (SSSR count). The molecule has 7 heteroatoms. The summed E-state index contributed by atoms with van der Waals surface area (Å²) in [5, 5.41) is 24.4. The van der Waals surface area contributed by atoms with Gasteiger partial charge in [0.05, 0.1) is 0 Å². The number of aliphatic hydroxyl groups is 3. The fourth-order valence-electron chi connectivity index (χ4n) is 0.534. The third-order valence-electron chi connectivity index (χ3n) is 2.04. The van der Waals surface area contributed by atoms with E-state index in [1.165, 1.54) is 12.1 Å². The summed E-state index contributed by atoms with van der Waals surface area (Å²) in [6, 6.07) is 6.27. The number of hydrogen-bond donors (Lipinski definition) is 3. The molecule has 0 saturated heterocycles. The fourth-order valence-corrected chi connectivity index (χ4v) is 1.61. The average molecular weight is 489 g/mol. The summed E-state index contributed by atoms with van der Waals surface area (Å²) < 4.78 is 23.9. The van der Waals surface area contributed by atoms with Crippen LogP contribution in [0.1, 0.15) is 41.5 Å². The van der Waals surface area contributed by atoms with Crippen molar-refractivity contribution in [3.05, 3.63) is 24.3 Å². The Hall–Kier alpha value is 0.516. The van der Waals surface area contributed by atoms with Gasteiger partial charge >= 0.3 is 50.9 Å². The minimum atomic E-state index is -3.89. The van der Waals surface area contributed by atoms with E-state index in [0.29, 0.717) is 37.6 Å². The van der Waals surface area contributed by atoms with Crippen LogP contribution >= 0.6 is 0 Å². The molecular formula is C17H35F2GeO3Zr-. The Balaban J connectivity index is -0.000000113. The molecule has 0 aromatic heterocycles. The third-order valence-corrected chi connectivity index (χ3v) is 3.90. The van der Waals surface area contributed by atoms with Crippen molar-refractivity contribution in [3.8, 4) is 0 Å². The molecule has 0 atom stereocenters. The van der Waals surface area contributed by atoms with E-state index >= 15 is 0 Å². The molecule has 0 fully saturated rings. The zero-order valence-electron chi connectivity index (χ0n) is 15.8. The second-order valence-corrected chi connectivity index (χ2v) is 8.91. The zero-order chi connectivity index (χ0) is 18.8. The maximum absolute atomic E-state index is 11.8.